The van der Waals surface area contributed by atoms with E-state index in [2.05, 4.69) is 26.2 Å². The SMILES string of the molecule is Cc1ccc(C(=O)NCCCCCCBr)cn1. The van der Waals surface area contributed by atoms with Crippen molar-refractivity contribution in [2.75, 3.05) is 11.9 Å². The van der Waals surface area contributed by atoms with E-state index in [1.807, 2.05) is 19.1 Å². The molecule has 0 atom stereocenters. The molecule has 0 saturated carbocycles. The van der Waals surface area contributed by atoms with Gasteiger partial charge in [0.15, 0.2) is 0 Å². The van der Waals surface area contributed by atoms with E-state index < -0.39 is 0 Å². The van der Waals surface area contributed by atoms with Gasteiger partial charge in [0.1, 0.15) is 0 Å². The van der Waals surface area contributed by atoms with Crippen LogP contribution >= 0.6 is 15.9 Å². The Morgan fingerprint density at radius 3 is 2.71 bits per heavy atom. The highest BCUT2D eigenvalue weighted by atomic mass is 79.9. The van der Waals surface area contributed by atoms with Crippen LogP contribution in [0.15, 0.2) is 18.3 Å². The maximum absolute atomic E-state index is 11.7. The van der Waals surface area contributed by atoms with Gasteiger partial charge in [-0.3, -0.25) is 9.78 Å². The molecule has 0 saturated heterocycles. The molecule has 3 nitrogen and oxygen atoms in total. The molecule has 1 N–H and O–H groups in total. The second-order valence-electron chi connectivity index (χ2n) is 4.05. The van der Waals surface area contributed by atoms with Gasteiger partial charge in [0.25, 0.3) is 5.91 Å². The Hall–Kier alpha value is -0.900. The minimum atomic E-state index is -0.0296. The van der Waals surface area contributed by atoms with E-state index in [4.69, 9.17) is 0 Å². The highest BCUT2D eigenvalue weighted by Gasteiger charge is 2.03. The number of aryl methyl sites for hydroxylation is 1. The van der Waals surface area contributed by atoms with E-state index >= 15 is 0 Å². The molecule has 1 heterocycles. The Labute approximate surface area is 111 Å². The summed E-state index contributed by atoms with van der Waals surface area (Å²) in [6.45, 7) is 2.65. The lowest BCUT2D eigenvalue weighted by Gasteiger charge is -2.04. The largest absolute Gasteiger partial charge is 0.352 e. The van der Waals surface area contributed by atoms with Gasteiger partial charge in [-0.05, 0) is 31.9 Å². The number of nitrogens with zero attached hydrogens (tertiary/aromatic N) is 1. The van der Waals surface area contributed by atoms with E-state index in [9.17, 15) is 4.79 Å². The number of aromatic nitrogens is 1. The Morgan fingerprint density at radius 2 is 2.06 bits per heavy atom. The second kappa shape index (κ2) is 8.23. The van der Waals surface area contributed by atoms with Crippen molar-refractivity contribution in [1.29, 1.82) is 0 Å². The molecule has 1 aromatic rings. The topological polar surface area (TPSA) is 42.0 Å². The first kappa shape index (κ1) is 14.2. The van der Waals surface area contributed by atoms with Crippen molar-refractivity contribution in [3.05, 3.63) is 29.6 Å². The number of pyridine rings is 1. The van der Waals surface area contributed by atoms with Crippen molar-refractivity contribution in [3.8, 4) is 0 Å². The summed E-state index contributed by atoms with van der Waals surface area (Å²) in [7, 11) is 0. The van der Waals surface area contributed by atoms with Crippen LogP contribution in [0.25, 0.3) is 0 Å². The third-order valence-corrected chi connectivity index (χ3v) is 3.08. The standard InChI is InChI=1S/C13H19BrN2O/c1-11-6-7-12(10-16-11)13(17)15-9-5-3-2-4-8-14/h6-7,10H,2-5,8-9H2,1H3,(H,15,17). The Morgan fingerprint density at radius 1 is 1.29 bits per heavy atom. The van der Waals surface area contributed by atoms with Crippen LogP contribution in [0.2, 0.25) is 0 Å². The fraction of sp³-hybridized carbons (Fsp3) is 0.538. The van der Waals surface area contributed by atoms with Crippen LogP contribution in [0.4, 0.5) is 0 Å². The summed E-state index contributed by atoms with van der Waals surface area (Å²) < 4.78 is 0. The van der Waals surface area contributed by atoms with Crippen LogP contribution in [0.1, 0.15) is 41.7 Å². The quantitative estimate of drug-likeness (QED) is 0.621. The van der Waals surface area contributed by atoms with Gasteiger partial charge in [0, 0.05) is 23.8 Å². The van der Waals surface area contributed by atoms with Crippen LogP contribution in [-0.2, 0) is 0 Å². The molecule has 94 valence electrons. The predicted octanol–water partition coefficient (Wildman–Crippen LogP) is 3.08. The first-order valence-corrected chi connectivity index (χ1v) is 7.13. The summed E-state index contributed by atoms with van der Waals surface area (Å²) in [5, 5.41) is 3.97. The van der Waals surface area contributed by atoms with Crippen molar-refractivity contribution in [1.82, 2.24) is 10.3 Å². The maximum Gasteiger partial charge on any atom is 0.252 e. The summed E-state index contributed by atoms with van der Waals surface area (Å²) >= 11 is 3.40. The molecule has 0 radical (unpaired) electrons. The van der Waals surface area contributed by atoms with E-state index in [-0.39, 0.29) is 5.91 Å². The summed E-state index contributed by atoms with van der Waals surface area (Å²) in [4.78, 5) is 15.8. The average molecular weight is 299 g/mol. The first-order valence-electron chi connectivity index (χ1n) is 6.01. The Kier molecular flexibility index (Phi) is 6.86. The summed E-state index contributed by atoms with van der Waals surface area (Å²) in [5.74, 6) is -0.0296. The number of nitrogens with one attached hydrogen (secondary N) is 1. The third kappa shape index (κ3) is 5.82. The Balaban J connectivity index is 2.19. The highest BCUT2D eigenvalue weighted by molar-refractivity contribution is 9.09. The third-order valence-electron chi connectivity index (χ3n) is 2.52. The minimum absolute atomic E-state index is 0.0296. The normalized spacial score (nSPS) is 10.2. The van der Waals surface area contributed by atoms with Gasteiger partial charge in [-0.15, -0.1) is 0 Å². The fourth-order valence-electron chi connectivity index (χ4n) is 1.48. The van der Waals surface area contributed by atoms with Gasteiger partial charge in [0.05, 0.1) is 5.56 Å². The van der Waals surface area contributed by atoms with Gasteiger partial charge in [-0.25, -0.2) is 0 Å². The number of amides is 1. The van der Waals surface area contributed by atoms with E-state index in [1.54, 1.807) is 6.20 Å². The van der Waals surface area contributed by atoms with E-state index in [0.29, 0.717) is 5.56 Å². The van der Waals surface area contributed by atoms with Crippen LogP contribution in [0, 0.1) is 6.92 Å². The number of carbonyl (C=O) groups is 1. The van der Waals surface area contributed by atoms with E-state index in [0.717, 1.165) is 30.4 Å². The molecule has 1 aromatic heterocycles. The Bertz CT molecular complexity index is 338. The highest BCUT2D eigenvalue weighted by Crippen LogP contribution is 2.02. The van der Waals surface area contributed by atoms with Gasteiger partial charge >= 0.3 is 0 Å². The number of carbonyl (C=O) groups excluding carboxylic acids is 1. The summed E-state index contributed by atoms with van der Waals surface area (Å²) in [5.41, 5.74) is 1.56. The maximum atomic E-state index is 11.7. The number of rotatable bonds is 7. The predicted molar refractivity (Wildman–Crippen MR) is 73.6 cm³/mol. The lowest BCUT2D eigenvalue weighted by molar-refractivity contribution is 0.0952. The van der Waals surface area contributed by atoms with Crippen LogP contribution < -0.4 is 5.32 Å². The molecule has 4 heteroatoms. The number of halogens is 1. The lowest BCUT2D eigenvalue weighted by atomic mass is 10.2. The van der Waals surface area contributed by atoms with Gasteiger partial charge in [0.2, 0.25) is 0 Å². The molecular weight excluding hydrogens is 280 g/mol. The number of hydrogen-bond donors (Lipinski definition) is 1. The van der Waals surface area contributed by atoms with Gasteiger partial charge in [-0.2, -0.15) is 0 Å². The molecule has 0 aliphatic heterocycles. The number of alkyl halides is 1. The zero-order chi connectivity index (χ0) is 12.5. The molecule has 0 aliphatic rings. The second-order valence-corrected chi connectivity index (χ2v) is 4.84. The number of hydrogen-bond acceptors (Lipinski definition) is 2. The van der Waals surface area contributed by atoms with E-state index in [1.165, 1.54) is 12.8 Å². The van der Waals surface area contributed by atoms with Crippen molar-refractivity contribution in [2.24, 2.45) is 0 Å². The van der Waals surface area contributed by atoms with Crippen molar-refractivity contribution in [2.45, 2.75) is 32.6 Å². The molecule has 1 amide bonds. The molecular formula is C13H19BrN2O. The molecule has 1 rings (SSSR count). The van der Waals surface area contributed by atoms with Crippen LogP contribution in [-0.4, -0.2) is 22.8 Å². The molecule has 0 aliphatic carbocycles. The van der Waals surface area contributed by atoms with Gasteiger partial charge in [-0.1, -0.05) is 28.8 Å². The minimum Gasteiger partial charge on any atom is -0.352 e. The monoisotopic (exact) mass is 298 g/mol. The fourth-order valence-corrected chi connectivity index (χ4v) is 1.88. The molecule has 0 fully saturated rings. The molecule has 0 bridgehead atoms. The zero-order valence-corrected chi connectivity index (χ0v) is 11.8. The van der Waals surface area contributed by atoms with Crippen molar-refractivity contribution >= 4 is 21.8 Å². The summed E-state index contributed by atoms with van der Waals surface area (Å²) in [6, 6.07) is 3.66. The molecule has 0 aromatic carbocycles. The molecule has 0 spiro atoms. The molecule has 0 unspecified atom stereocenters. The number of unbranched alkanes of at least 4 members (excludes halogenated alkanes) is 3. The van der Waals surface area contributed by atoms with Crippen LogP contribution in [0.3, 0.4) is 0 Å². The zero-order valence-electron chi connectivity index (χ0n) is 10.2. The van der Waals surface area contributed by atoms with Crippen molar-refractivity contribution < 1.29 is 4.79 Å². The summed E-state index contributed by atoms with van der Waals surface area (Å²) in [6.07, 6.45) is 6.24. The van der Waals surface area contributed by atoms with Crippen LogP contribution in [0.5, 0.6) is 0 Å². The lowest BCUT2D eigenvalue weighted by Crippen LogP contribution is -2.24. The smallest absolute Gasteiger partial charge is 0.252 e. The van der Waals surface area contributed by atoms with Crippen molar-refractivity contribution in [3.63, 3.8) is 0 Å². The average Bonchev–Trinajstić information content (AvgIpc) is 2.34. The first-order chi connectivity index (χ1) is 8.24. The van der Waals surface area contributed by atoms with Gasteiger partial charge < -0.3 is 5.32 Å². The molecule has 17 heavy (non-hydrogen) atoms.